The molecule has 132 valence electrons. The van der Waals surface area contributed by atoms with E-state index in [1.165, 1.54) is 23.1 Å². The molecule has 1 heterocycles. The third-order valence-corrected chi connectivity index (χ3v) is 3.65. The van der Waals surface area contributed by atoms with Gasteiger partial charge < -0.3 is 14.1 Å². The fourth-order valence-electron chi connectivity index (χ4n) is 2.40. The van der Waals surface area contributed by atoms with Crippen LogP contribution in [-0.2, 0) is 11.3 Å². The van der Waals surface area contributed by atoms with Crippen LogP contribution in [0.4, 0.5) is 11.4 Å². The van der Waals surface area contributed by atoms with Gasteiger partial charge in [-0.25, -0.2) is 0 Å². The Labute approximate surface area is 149 Å². The van der Waals surface area contributed by atoms with E-state index < -0.39 is 4.92 Å². The van der Waals surface area contributed by atoms with Crippen LogP contribution in [0.5, 0.6) is 5.75 Å². The molecule has 0 aliphatic carbocycles. The van der Waals surface area contributed by atoms with Gasteiger partial charge in [-0.15, -0.1) is 0 Å². The van der Waals surface area contributed by atoms with E-state index in [2.05, 4.69) is 0 Å². The Balaban J connectivity index is 1.73. The normalized spacial score (nSPS) is 10.3. The largest absolute Gasteiger partial charge is 0.483 e. The first-order chi connectivity index (χ1) is 12.6. The second-order valence-electron chi connectivity index (χ2n) is 5.44. The number of para-hydroxylation sites is 1. The summed E-state index contributed by atoms with van der Waals surface area (Å²) in [5.74, 6) is 0.607. The van der Waals surface area contributed by atoms with E-state index in [0.29, 0.717) is 11.4 Å². The van der Waals surface area contributed by atoms with E-state index in [9.17, 15) is 14.9 Å². The molecule has 0 N–H and O–H groups in total. The zero-order chi connectivity index (χ0) is 18.4. The van der Waals surface area contributed by atoms with Gasteiger partial charge in [0.25, 0.3) is 11.6 Å². The number of hydrogen-bond acceptors (Lipinski definition) is 5. The maximum atomic E-state index is 12.7. The van der Waals surface area contributed by atoms with Crippen LogP contribution in [0.2, 0.25) is 0 Å². The molecular weight excluding hydrogens is 336 g/mol. The Kier molecular flexibility index (Phi) is 5.28. The molecule has 7 heteroatoms. The predicted octanol–water partition coefficient (Wildman–Crippen LogP) is 3.80. The first-order valence-electron chi connectivity index (χ1n) is 7.88. The van der Waals surface area contributed by atoms with Crippen molar-refractivity contribution in [1.82, 2.24) is 0 Å². The Morgan fingerprint density at radius 2 is 1.88 bits per heavy atom. The molecule has 0 saturated carbocycles. The molecule has 0 saturated heterocycles. The predicted molar refractivity (Wildman–Crippen MR) is 94.9 cm³/mol. The summed E-state index contributed by atoms with van der Waals surface area (Å²) in [5.41, 5.74) is 0.613. The van der Waals surface area contributed by atoms with Crippen molar-refractivity contribution in [2.75, 3.05) is 11.5 Å². The van der Waals surface area contributed by atoms with Crippen molar-refractivity contribution in [2.24, 2.45) is 0 Å². The first-order valence-corrected chi connectivity index (χ1v) is 7.88. The monoisotopic (exact) mass is 352 g/mol. The zero-order valence-electron chi connectivity index (χ0n) is 13.8. The maximum absolute atomic E-state index is 12.7. The number of non-ortho nitro benzene ring substituents is 1. The second-order valence-corrected chi connectivity index (χ2v) is 5.44. The van der Waals surface area contributed by atoms with Crippen LogP contribution in [0.25, 0.3) is 0 Å². The molecule has 2 aromatic carbocycles. The average molecular weight is 352 g/mol. The number of anilines is 1. The van der Waals surface area contributed by atoms with Gasteiger partial charge in [0.1, 0.15) is 11.5 Å². The molecule has 3 aromatic rings. The quantitative estimate of drug-likeness (QED) is 0.477. The Morgan fingerprint density at radius 1 is 1.08 bits per heavy atom. The van der Waals surface area contributed by atoms with Gasteiger partial charge >= 0.3 is 0 Å². The number of ether oxygens (including phenoxy) is 1. The number of rotatable bonds is 7. The lowest BCUT2D eigenvalue weighted by Gasteiger charge is -2.22. The number of hydrogen-bond donors (Lipinski definition) is 0. The van der Waals surface area contributed by atoms with Crippen molar-refractivity contribution < 1.29 is 18.9 Å². The SMILES string of the molecule is O=C(COc1cccc([N+](=O)[O-])c1)N(Cc1ccco1)c1ccccc1. The van der Waals surface area contributed by atoms with E-state index >= 15 is 0 Å². The molecule has 26 heavy (non-hydrogen) atoms. The zero-order valence-corrected chi connectivity index (χ0v) is 13.8. The third kappa shape index (κ3) is 4.27. The molecule has 1 aromatic heterocycles. The highest BCUT2D eigenvalue weighted by atomic mass is 16.6. The number of carbonyl (C=O) groups excluding carboxylic acids is 1. The van der Waals surface area contributed by atoms with Gasteiger partial charge in [-0.2, -0.15) is 0 Å². The van der Waals surface area contributed by atoms with E-state index in [-0.39, 0.29) is 30.5 Å². The molecule has 0 unspecified atom stereocenters. The molecule has 0 aliphatic heterocycles. The van der Waals surface area contributed by atoms with Crippen LogP contribution in [0.3, 0.4) is 0 Å². The number of nitro benzene ring substituents is 1. The van der Waals surface area contributed by atoms with E-state index in [4.69, 9.17) is 9.15 Å². The summed E-state index contributed by atoms with van der Waals surface area (Å²) in [6, 6.07) is 18.4. The molecular formula is C19H16N2O5. The summed E-state index contributed by atoms with van der Waals surface area (Å²) in [4.78, 5) is 24.5. The van der Waals surface area contributed by atoms with Gasteiger partial charge in [-0.1, -0.05) is 24.3 Å². The summed E-state index contributed by atoms with van der Waals surface area (Å²) in [6.45, 7) is 0.00488. The van der Waals surface area contributed by atoms with Crippen LogP contribution in [0.15, 0.2) is 77.4 Å². The maximum Gasteiger partial charge on any atom is 0.273 e. The Morgan fingerprint density at radius 3 is 2.58 bits per heavy atom. The van der Waals surface area contributed by atoms with Crippen molar-refractivity contribution in [3.05, 3.63) is 88.9 Å². The lowest BCUT2D eigenvalue weighted by molar-refractivity contribution is -0.384. The van der Waals surface area contributed by atoms with Gasteiger partial charge in [0.15, 0.2) is 6.61 Å². The fraction of sp³-hybridized carbons (Fsp3) is 0.105. The summed E-state index contributed by atoms with van der Waals surface area (Å²) >= 11 is 0. The van der Waals surface area contributed by atoms with Crippen LogP contribution in [0.1, 0.15) is 5.76 Å². The molecule has 7 nitrogen and oxygen atoms in total. The van der Waals surface area contributed by atoms with Crippen molar-refractivity contribution in [2.45, 2.75) is 6.54 Å². The number of nitrogens with zero attached hydrogens (tertiary/aromatic N) is 2. The average Bonchev–Trinajstić information content (AvgIpc) is 3.18. The Hall–Kier alpha value is -3.61. The molecule has 0 fully saturated rings. The van der Waals surface area contributed by atoms with Crippen molar-refractivity contribution >= 4 is 17.3 Å². The smallest absolute Gasteiger partial charge is 0.273 e. The number of amides is 1. The molecule has 0 aliphatic rings. The summed E-state index contributed by atoms with van der Waals surface area (Å²) in [6.07, 6.45) is 1.54. The molecule has 1 amide bonds. The third-order valence-electron chi connectivity index (χ3n) is 3.65. The molecule has 0 radical (unpaired) electrons. The minimum absolute atomic E-state index is 0.0922. The summed E-state index contributed by atoms with van der Waals surface area (Å²) in [7, 11) is 0. The van der Waals surface area contributed by atoms with E-state index in [1.54, 1.807) is 24.5 Å². The molecule has 0 spiro atoms. The lowest BCUT2D eigenvalue weighted by Crippen LogP contribution is -2.34. The number of carbonyl (C=O) groups is 1. The summed E-state index contributed by atoms with van der Waals surface area (Å²) in [5, 5.41) is 10.8. The highest BCUT2D eigenvalue weighted by Gasteiger charge is 2.18. The van der Waals surface area contributed by atoms with Crippen molar-refractivity contribution in [1.29, 1.82) is 0 Å². The Bertz CT molecular complexity index is 878. The van der Waals surface area contributed by atoms with Gasteiger partial charge in [0.05, 0.1) is 23.8 Å². The minimum atomic E-state index is -0.512. The molecule has 0 bridgehead atoms. The van der Waals surface area contributed by atoms with Crippen LogP contribution in [0, 0.1) is 10.1 Å². The molecule has 0 atom stereocenters. The van der Waals surface area contributed by atoms with Gasteiger partial charge in [0, 0.05) is 11.8 Å². The first kappa shape index (κ1) is 17.2. The lowest BCUT2D eigenvalue weighted by atomic mass is 10.2. The van der Waals surface area contributed by atoms with E-state index in [1.807, 2.05) is 30.3 Å². The minimum Gasteiger partial charge on any atom is -0.483 e. The van der Waals surface area contributed by atoms with E-state index in [0.717, 1.165) is 0 Å². The fourth-order valence-corrected chi connectivity index (χ4v) is 2.40. The number of furan rings is 1. The molecule has 3 rings (SSSR count). The van der Waals surface area contributed by atoms with Gasteiger partial charge in [-0.3, -0.25) is 14.9 Å². The number of benzene rings is 2. The highest BCUT2D eigenvalue weighted by molar-refractivity contribution is 5.94. The number of nitro groups is 1. The topological polar surface area (TPSA) is 85.8 Å². The van der Waals surface area contributed by atoms with Crippen molar-refractivity contribution in [3.63, 3.8) is 0 Å². The van der Waals surface area contributed by atoms with Crippen LogP contribution < -0.4 is 9.64 Å². The second kappa shape index (κ2) is 7.98. The summed E-state index contributed by atoms with van der Waals surface area (Å²) < 4.78 is 10.8. The van der Waals surface area contributed by atoms with Crippen LogP contribution >= 0.6 is 0 Å². The van der Waals surface area contributed by atoms with Crippen molar-refractivity contribution in [3.8, 4) is 5.75 Å². The van der Waals surface area contributed by atoms with Crippen LogP contribution in [-0.4, -0.2) is 17.4 Å². The standard InChI is InChI=1S/C19H16N2O5/c22-19(14-26-17-9-4-8-16(12-17)21(23)24)20(13-18-10-5-11-25-18)15-6-2-1-3-7-15/h1-12H,13-14H2. The van der Waals surface area contributed by atoms with Gasteiger partial charge in [0.2, 0.25) is 0 Å². The van der Waals surface area contributed by atoms with Gasteiger partial charge in [-0.05, 0) is 30.3 Å². The highest BCUT2D eigenvalue weighted by Crippen LogP contribution is 2.21.